The van der Waals surface area contributed by atoms with E-state index in [-0.39, 0.29) is 35.5 Å². The van der Waals surface area contributed by atoms with Gasteiger partial charge in [0.05, 0.1) is 24.0 Å². The van der Waals surface area contributed by atoms with Crippen LogP contribution in [0.15, 0.2) is 84.9 Å². The van der Waals surface area contributed by atoms with Crippen LogP contribution in [0.5, 0.6) is 0 Å². The van der Waals surface area contributed by atoms with Crippen LogP contribution in [0.4, 0.5) is 5.69 Å². The normalized spacial score (nSPS) is 25.0. The molecule has 0 aliphatic carbocycles. The number of hydrogen-bond donors (Lipinski definition) is 3. The Kier molecular flexibility index (Phi) is 13.6. The van der Waals surface area contributed by atoms with Crippen molar-refractivity contribution < 1.29 is 28.7 Å². The van der Waals surface area contributed by atoms with E-state index in [9.17, 15) is 24.0 Å². The van der Waals surface area contributed by atoms with Crippen molar-refractivity contribution in [1.82, 2.24) is 20.4 Å². The molecule has 5 amide bonds. The van der Waals surface area contributed by atoms with E-state index in [1.807, 2.05) is 49.9 Å². The molecule has 11 nitrogen and oxygen atoms in total. The van der Waals surface area contributed by atoms with E-state index in [1.165, 1.54) is 0 Å². The number of anilines is 1. The maximum Gasteiger partial charge on any atom is 0.238 e. The van der Waals surface area contributed by atoms with Crippen LogP contribution in [0.1, 0.15) is 82.9 Å². The smallest absolute Gasteiger partial charge is 0.238 e. The third-order valence-electron chi connectivity index (χ3n) is 12.1. The minimum absolute atomic E-state index is 0.125. The fourth-order valence-corrected chi connectivity index (χ4v) is 8.35. The molecule has 4 aliphatic rings. The van der Waals surface area contributed by atoms with Gasteiger partial charge in [-0.15, -0.1) is 0 Å². The minimum Gasteiger partial charge on any atom is -0.399 e. The number of imide groups is 2. The molecule has 7 rings (SSSR count). The Morgan fingerprint density at radius 1 is 0.745 bits per heavy atom. The molecule has 4 N–H and O–H groups in total. The number of rotatable bonds is 9. The second-order valence-electron chi connectivity index (χ2n) is 15.2. The first kappa shape index (κ1) is 41.3. The predicted molar refractivity (Wildman–Crippen MR) is 213 cm³/mol. The number of carbonyl (C=O) groups excluding carboxylic acids is 5. The summed E-state index contributed by atoms with van der Waals surface area (Å²) in [6.45, 7) is 14.0. The summed E-state index contributed by atoms with van der Waals surface area (Å²) in [6, 6.07) is 28.1. The Labute approximate surface area is 325 Å². The van der Waals surface area contributed by atoms with Crippen molar-refractivity contribution >= 4 is 35.2 Å². The summed E-state index contributed by atoms with van der Waals surface area (Å²) < 4.78 is 5.50. The van der Waals surface area contributed by atoms with Crippen molar-refractivity contribution in [2.45, 2.75) is 77.0 Å². The van der Waals surface area contributed by atoms with Gasteiger partial charge in [-0.25, -0.2) is 0 Å². The molecule has 0 saturated carbocycles. The molecule has 0 radical (unpaired) electrons. The lowest BCUT2D eigenvalue weighted by Gasteiger charge is -2.36. The van der Waals surface area contributed by atoms with Gasteiger partial charge in [0.25, 0.3) is 0 Å². The predicted octanol–water partition coefficient (Wildman–Crippen LogP) is 4.98. The van der Waals surface area contributed by atoms with Crippen molar-refractivity contribution in [1.29, 1.82) is 0 Å². The number of nitrogens with two attached hydrogens (primary N) is 1. The number of hydrogen-bond acceptors (Lipinski definition) is 8. The zero-order chi connectivity index (χ0) is 39.6. The monoisotopic (exact) mass is 751 g/mol. The van der Waals surface area contributed by atoms with Gasteiger partial charge < -0.3 is 15.4 Å². The number of nitrogens with zero attached hydrogens (tertiary/aromatic N) is 2. The van der Waals surface area contributed by atoms with Crippen molar-refractivity contribution in [3.63, 3.8) is 0 Å². The molecule has 11 heteroatoms. The molecular formula is C44H57N5O6. The quantitative estimate of drug-likeness (QED) is 0.205. The third kappa shape index (κ3) is 8.84. The van der Waals surface area contributed by atoms with Gasteiger partial charge in [-0.1, -0.05) is 93.6 Å². The van der Waals surface area contributed by atoms with E-state index in [4.69, 9.17) is 10.5 Å². The van der Waals surface area contributed by atoms with Gasteiger partial charge in [-0.3, -0.25) is 39.5 Å². The maximum atomic E-state index is 13.8. The van der Waals surface area contributed by atoms with Crippen LogP contribution in [0.3, 0.4) is 0 Å². The van der Waals surface area contributed by atoms with Gasteiger partial charge in [0.1, 0.15) is 5.41 Å². The first-order valence-electron chi connectivity index (χ1n) is 19.7. The van der Waals surface area contributed by atoms with Gasteiger partial charge in [0.15, 0.2) is 0 Å². The molecule has 4 aliphatic heterocycles. The summed E-state index contributed by atoms with van der Waals surface area (Å²) >= 11 is 0. The second kappa shape index (κ2) is 18.2. The van der Waals surface area contributed by atoms with Gasteiger partial charge in [-0.2, -0.15) is 0 Å². The van der Waals surface area contributed by atoms with Gasteiger partial charge >= 0.3 is 0 Å². The SMILES string of the molecule is CCC1(C)CC(=O)NC1=O.CCC1(c2ccc(N)cc2)CCC(=O)NC1=O.CCN1CC(CCN2CCOCC2)C(c2ccccc2)(c2ccccc2)C1=O. The average molecular weight is 752 g/mol. The van der Waals surface area contributed by atoms with E-state index in [0.717, 1.165) is 75.5 Å². The Morgan fingerprint density at radius 3 is 1.80 bits per heavy atom. The molecule has 0 spiro atoms. The summed E-state index contributed by atoms with van der Waals surface area (Å²) in [6.07, 6.45) is 3.72. The van der Waals surface area contributed by atoms with Crippen LogP contribution >= 0.6 is 0 Å². The van der Waals surface area contributed by atoms with E-state index < -0.39 is 16.2 Å². The summed E-state index contributed by atoms with van der Waals surface area (Å²) in [5.41, 5.74) is 7.88. The number of nitrogen functional groups attached to an aromatic ring is 1. The highest BCUT2D eigenvalue weighted by Crippen LogP contribution is 2.47. The Balaban J connectivity index is 0.000000181. The van der Waals surface area contributed by atoms with Gasteiger partial charge in [0, 0.05) is 50.6 Å². The number of benzene rings is 3. The summed E-state index contributed by atoms with van der Waals surface area (Å²) in [5, 5.41) is 4.71. The van der Waals surface area contributed by atoms with Gasteiger partial charge in [0.2, 0.25) is 29.5 Å². The fourth-order valence-electron chi connectivity index (χ4n) is 8.35. The summed E-state index contributed by atoms with van der Waals surface area (Å²) in [5.74, 6) is -0.142. The van der Waals surface area contributed by atoms with Crippen LogP contribution in [-0.4, -0.2) is 85.3 Å². The number of amides is 5. The molecule has 0 aromatic heterocycles. The number of ether oxygens (including phenoxy) is 1. The van der Waals surface area contributed by atoms with Gasteiger partial charge in [-0.05, 0) is 68.0 Å². The van der Waals surface area contributed by atoms with E-state index in [2.05, 4.69) is 71.0 Å². The Morgan fingerprint density at radius 2 is 1.33 bits per heavy atom. The van der Waals surface area contributed by atoms with E-state index in [0.29, 0.717) is 31.4 Å². The van der Waals surface area contributed by atoms with Crippen LogP contribution in [0, 0.1) is 11.3 Å². The lowest BCUT2D eigenvalue weighted by atomic mass is 9.66. The molecule has 294 valence electrons. The van der Waals surface area contributed by atoms with Crippen molar-refractivity contribution in [3.8, 4) is 0 Å². The highest BCUT2D eigenvalue weighted by molar-refractivity contribution is 6.05. The second-order valence-corrected chi connectivity index (χ2v) is 15.2. The first-order valence-corrected chi connectivity index (χ1v) is 19.7. The minimum atomic E-state index is -0.592. The largest absolute Gasteiger partial charge is 0.399 e. The van der Waals surface area contributed by atoms with Crippen molar-refractivity contribution in [2.75, 3.05) is 51.7 Å². The fraction of sp³-hybridized carbons (Fsp3) is 0.477. The lowest BCUT2D eigenvalue weighted by Crippen LogP contribution is -2.51. The number of carbonyl (C=O) groups is 5. The van der Waals surface area contributed by atoms with Crippen LogP contribution < -0.4 is 16.4 Å². The molecule has 3 aromatic carbocycles. The molecule has 3 aromatic rings. The number of morpholine rings is 1. The average Bonchev–Trinajstić information content (AvgIpc) is 3.65. The number of piperidine rings is 1. The van der Waals surface area contributed by atoms with E-state index in [1.54, 1.807) is 12.1 Å². The highest BCUT2D eigenvalue weighted by Gasteiger charge is 2.55. The molecule has 3 atom stereocenters. The molecule has 0 bridgehead atoms. The number of nitrogens with one attached hydrogen (secondary N) is 2. The Hall–Kier alpha value is -4.87. The molecule has 4 saturated heterocycles. The first-order chi connectivity index (χ1) is 26.4. The third-order valence-corrected chi connectivity index (χ3v) is 12.1. The number of likely N-dealkylation sites (N-methyl/N-ethyl adjacent to an activating group) is 1. The molecule has 4 heterocycles. The van der Waals surface area contributed by atoms with Crippen molar-refractivity contribution in [3.05, 3.63) is 102 Å². The van der Waals surface area contributed by atoms with E-state index >= 15 is 0 Å². The molecule has 4 fully saturated rings. The van der Waals surface area contributed by atoms with Crippen LogP contribution in [-0.2, 0) is 39.5 Å². The molecular weight excluding hydrogens is 695 g/mol. The van der Waals surface area contributed by atoms with Crippen molar-refractivity contribution in [2.24, 2.45) is 11.3 Å². The zero-order valence-electron chi connectivity index (χ0n) is 32.8. The highest BCUT2D eigenvalue weighted by atomic mass is 16.5. The van der Waals surface area contributed by atoms with Crippen LogP contribution in [0.25, 0.3) is 0 Å². The Bertz CT molecular complexity index is 1760. The van der Waals surface area contributed by atoms with Crippen LogP contribution in [0.2, 0.25) is 0 Å². The maximum absolute atomic E-state index is 13.8. The molecule has 55 heavy (non-hydrogen) atoms. The zero-order valence-corrected chi connectivity index (χ0v) is 32.8. The molecule has 3 unspecified atom stereocenters. The summed E-state index contributed by atoms with van der Waals surface area (Å²) in [7, 11) is 0. The standard InChI is InChI=1S/C24H30N2O2.C13H16N2O2.C7H11NO2/c1-2-26-19-22(13-14-25-15-17-28-18-16-25)24(23(26)27,20-9-5-3-6-10-20)21-11-7-4-8-12-21;1-2-13(8-7-11(16)15-12(13)17)9-3-5-10(14)6-4-9;1-3-7(2)4-5(9)8-6(7)10/h3-12,22H,2,13-19H2,1H3;3-6H,2,7-8,14H2,1H3,(H,15,16,17);3-4H2,1-2H3,(H,8,9,10). The number of likely N-dealkylation sites (tertiary alicyclic amines) is 1. The lowest BCUT2D eigenvalue weighted by molar-refractivity contribution is -0.138. The summed E-state index contributed by atoms with van der Waals surface area (Å²) in [4.78, 5) is 63.3. The topological polar surface area (TPSA) is 151 Å².